The summed E-state index contributed by atoms with van der Waals surface area (Å²) in [4.78, 5) is 21.4. The van der Waals surface area contributed by atoms with E-state index in [0.29, 0.717) is 5.92 Å². The van der Waals surface area contributed by atoms with Crippen LogP contribution in [-0.2, 0) is 10.2 Å². The number of hydrogen-bond acceptors (Lipinski definition) is 3. The Balaban J connectivity index is 1.28. The Hall–Kier alpha value is -2.82. The first kappa shape index (κ1) is 18.2. The second-order valence-corrected chi connectivity index (χ2v) is 8.48. The van der Waals surface area contributed by atoms with Gasteiger partial charge >= 0.3 is 0 Å². The normalized spacial score (nSPS) is 22.9. The van der Waals surface area contributed by atoms with Gasteiger partial charge in [0.25, 0.3) is 0 Å². The van der Waals surface area contributed by atoms with E-state index in [1.807, 2.05) is 42.5 Å². The van der Waals surface area contributed by atoms with Crippen LogP contribution in [0, 0.1) is 0 Å². The van der Waals surface area contributed by atoms with E-state index in [9.17, 15) is 4.79 Å². The first-order chi connectivity index (χ1) is 14.2. The van der Waals surface area contributed by atoms with Crippen LogP contribution >= 0.6 is 0 Å². The molecule has 1 amide bonds. The molecule has 0 bridgehead atoms. The largest absolute Gasteiger partial charge is 0.497 e. The van der Waals surface area contributed by atoms with Gasteiger partial charge in [-0.05, 0) is 61.9 Å². The zero-order valence-electron chi connectivity index (χ0n) is 16.8. The second-order valence-electron chi connectivity index (χ2n) is 8.48. The number of amides is 1. The van der Waals surface area contributed by atoms with E-state index in [-0.39, 0.29) is 17.4 Å². The molecule has 5 nitrogen and oxygen atoms in total. The molecule has 2 atom stereocenters. The number of hydrogen-bond donors (Lipinski definition) is 2. The van der Waals surface area contributed by atoms with Gasteiger partial charge in [-0.15, -0.1) is 0 Å². The van der Waals surface area contributed by atoms with Crippen molar-refractivity contribution in [1.82, 2.24) is 15.3 Å². The van der Waals surface area contributed by atoms with Crippen LogP contribution < -0.4 is 10.1 Å². The topological polar surface area (TPSA) is 67.0 Å². The number of aromatic amines is 1. The SMILES string of the molecule is COc1ccc(C2(C(=O)NC3CCCC(c4nc5ccccc5[nH]4)C3)CC2)cc1. The summed E-state index contributed by atoms with van der Waals surface area (Å²) in [6, 6.07) is 16.3. The maximum atomic E-state index is 13.2. The molecule has 0 aliphatic heterocycles. The van der Waals surface area contributed by atoms with Crippen LogP contribution in [-0.4, -0.2) is 29.0 Å². The van der Waals surface area contributed by atoms with Crippen molar-refractivity contribution in [2.75, 3.05) is 7.11 Å². The van der Waals surface area contributed by atoms with Crippen molar-refractivity contribution >= 4 is 16.9 Å². The molecular formula is C24H27N3O2. The first-order valence-corrected chi connectivity index (χ1v) is 10.6. The summed E-state index contributed by atoms with van der Waals surface area (Å²) < 4.78 is 5.25. The number of aromatic nitrogens is 2. The number of methoxy groups -OCH3 is 1. The van der Waals surface area contributed by atoms with Gasteiger partial charge in [0.1, 0.15) is 11.6 Å². The molecule has 5 rings (SSSR count). The van der Waals surface area contributed by atoms with Gasteiger partial charge in [-0.25, -0.2) is 4.98 Å². The number of fused-ring (bicyclic) bond motifs is 1. The number of rotatable bonds is 5. The summed E-state index contributed by atoms with van der Waals surface area (Å²) in [6.45, 7) is 0. The number of carbonyl (C=O) groups is 1. The number of carbonyl (C=O) groups excluding carboxylic acids is 1. The molecule has 1 aromatic heterocycles. The lowest BCUT2D eigenvalue weighted by molar-refractivity contribution is -0.124. The highest BCUT2D eigenvalue weighted by molar-refractivity contribution is 5.91. The lowest BCUT2D eigenvalue weighted by atomic mass is 9.84. The molecule has 29 heavy (non-hydrogen) atoms. The zero-order valence-corrected chi connectivity index (χ0v) is 16.8. The molecule has 2 aromatic carbocycles. The maximum absolute atomic E-state index is 13.2. The van der Waals surface area contributed by atoms with Crippen molar-refractivity contribution in [3.8, 4) is 5.75 Å². The molecule has 2 aliphatic rings. The molecule has 0 spiro atoms. The number of imidazole rings is 1. The number of H-pyrrole nitrogens is 1. The highest BCUT2D eigenvalue weighted by Gasteiger charge is 2.51. The highest BCUT2D eigenvalue weighted by atomic mass is 16.5. The molecule has 0 radical (unpaired) electrons. The summed E-state index contributed by atoms with van der Waals surface area (Å²) in [7, 11) is 1.66. The summed E-state index contributed by atoms with van der Waals surface area (Å²) >= 11 is 0. The Morgan fingerprint density at radius 1 is 1.14 bits per heavy atom. The Bertz CT molecular complexity index is 987. The number of para-hydroxylation sites is 2. The summed E-state index contributed by atoms with van der Waals surface area (Å²) in [5.41, 5.74) is 2.86. The van der Waals surface area contributed by atoms with E-state index in [0.717, 1.165) is 66.7 Å². The van der Waals surface area contributed by atoms with E-state index in [4.69, 9.17) is 9.72 Å². The lowest BCUT2D eigenvalue weighted by Gasteiger charge is -2.30. The Kier molecular flexibility index (Phi) is 4.53. The van der Waals surface area contributed by atoms with Gasteiger partial charge in [0.2, 0.25) is 5.91 Å². The van der Waals surface area contributed by atoms with Crippen molar-refractivity contribution in [2.24, 2.45) is 0 Å². The van der Waals surface area contributed by atoms with Crippen LogP contribution in [0.2, 0.25) is 0 Å². The standard InChI is InChI=1S/C24H27N3O2/c1-29-19-11-9-17(10-12-19)24(13-14-24)23(28)25-18-6-4-5-16(15-18)22-26-20-7-2-3-8-21(20)27-22/h2-3,7-12,16,18H,4-6,13-15H2,1H3,(H,25,28)(H,26,27). The zero-order chi connectivity index (χ0) is 19.8. The van der Waals surface area contributed by atoms with E-state index >= 15 is 0 Å². The van der Waals surface area contributed by atoms with Crippen LogP contribution in [0.25, 0.3) is 11.0 Å². The van der Waals surface area contributed by atoms with E-state index < -0.39 is 0 Å². The third-order valence-corrected chi connectivity index (χ3v) is 6.63. The van der Waals surface area contributed by atoms with E-state index in [2.05, 4.69) is 16.4 Å². The van der Waals surface area contributed by atoms with Crippen molar-refractivity contribution < 1.29 is 9.53 Å². The average Bonchev–Trinajstić information content (AvgIpc) is 3.46. The molecule has 2 unspecified atom stereocenters. The Labute approximate surface area is 170 Å². The molecule has 5 heteroatoms. The van der Waals surface area contributed by atoms with Crippen LogP contribution in [0.1, 0.15) is 55.8 Å². The fourth-order valence-electron chi connectivity index (χ4n) is 4.74. The predicted molar refractivity (Wildman–Crippen MR) is 113 cm³/mol. The van der Waals surface area contributed by atoms with Gasteiger partial charge in [-0.3, -0.25) is 4.79 Å². The summed E-state index contributed by atoms with van der Waals surface area (Å²) in [5.74, 6) is 2.43. The second kappa shape index (κ2) is 7.21. The number of benzene rings is 2. The van der Waals surface area contributed by atoms with Crippen LogP contribution in [0.15, 0.2) is 48.5 Å². The minimum Gasteiger partial charge on any atom is -0.497 e. The fraction of sp³-hybridized carbons (Fsp3) is 0.417. The molecule has 0 saturated heterocycles. The van der Waals surface area contributed by atoms with Crippen molar-refractivity contribution in [3.63, 3.8) is 0 Å². The summed E-state index contributed by atoms with van der Waals surface area (Å²) in [5, 5.41) is 3.37. The van der Waals surface area contributed by atoms with Crippen molar-refractivity contribution in [3.05, 3.63) is 59.9 Å². The first-order valence-electron chi connectivity index (χ1n) is 10.6. The maximum Gasteiger partial charge on any atom is 0.230 e. The van der Waals surface area contributed by atoms with Gasteiger partial charge in [0.05, 0.1) is 23.6 Å². The van der Waals surface area contributed by atoms with Crippen molar-refractivity contribution in [2.45, 2.75) is 55.9 Å². The van der Waals surface area contributed by atoms with Gasteiger partial charge < -0.3 is 15.0 Å². The van der Waals surface area contributed by atoms with Gasteiger partial charge in [0, 0.05) is 12.0 Å². The van der Waals surface area contributed by atoms with Crippen LogP contribution in [0.4, 0.5) is 0 Å². The van der Waals surface area contributed by atoms with Gasteiger partial charge in [-0.1, -0.05) is 30.7 Å². The molecule has 2 aliphatic carbocycles. The molecule has 3 aromatic rings. The quantitative estimate of drug-likeness (QED) is 0.678. The molecular weight excluding hydrogens is 362 g/mol. The molecule has 150 valence electrons. The van der Waals surface area contributed by atoms with Crippen LogP contribution in [0.5, 0.6) is 5.75 Å². The number of nitrogens with zero attached hydrogens (tertiary/aromatic N) is 1. The number of nitrogens with one attached hydrogen (secondary N) is 2. The van der Waals surface area contributed by atoms with Gasteiger partial charge in [-0.2, -0.15) is 0 Å². The average molecular weight is 389 g/mol. The summed E-state index contributed by atoms with van der Waals surface area (Å²) in [6.07, 6.45) is 6.07. The minimum atomic E-state index is -0.349. The molecule has 2 saturated carbocycles. The molecule has 2 fully saturated rings. The molecule has 1 heterocycles. The minimum absolute atomic E-state index is 0.179. The third-order valence-electron chi connectivity index (χ3n) is 6.63. The lowest BCUT2D eigenvalue weighted by Crippen LogP contribution is -2.43. The smallest absolute Gasteiger partial charge is 0.230 e. The monoisotopic (exact) mass is 389 g/mol. The highest BCUT2D eigenvalue weighted by Crippen LogP contribution is 2.49. The fourth-order valence-corrected chi connectivity index (χ4v) is 4.74. The third kappa shape index (κ3) is 3.39. The molecule has 2 N–H and O–H groups in total. The van der Waals surface area contributed by atoms with Crippen LogP contribution in [0.3, 0.4) is 0 Å². The van der Waals surface area contributed by atoms with E-state index in [1.165, 1.54) is 0 Å². The van der Waals surface area contributed by atoms with Crippen molar-refractivity contribution in [1.29, 1.82) is 0 Å². The Morgan fingerprint density at radius 3 is 2.66 bits per heavy atom. The van der Waals surface area contributed by atoms with Gasteiger partial charge in [0.15, 0.2) is 0 Å². The number of ether oxygens (including phenoxy) is 1. The Morgan fingerprint density at radius 2 is 1.93 bits per heavy atom. The van der Waals surface area contributed by atoms with E-state index in [1.54, 1.807) is 7.11 Å². The predicted octanol–water partition coefficient (Wildman–Crippen LogP) is 4.45.